The zero-order valence-corrected chi connectivity index (χ0v) is 20.6. The molecular weight excluding hydrogens is 462 g/mol. The second-order valence-electron chi connectivity index (χ2n) is 8.82. The number of ether oxygens (including phenoxy) is 1. The lowest BCUT2D eigenvalue weighted by molar-refractivity contribution is -0.114. The van der Waals surface area contributed by atoms with Gasteiger partial charge in [-0.1, -0.05) is 54.1 Å². The van der Waals surface area contributed by atoms with E-state index in [-0.39, 0.29) is 17.9 Å². The molecule has 1 aliphatic rings. The van der Waals surface area contributed by atoms with Gasteiger partial charge in [0.2, 0.25) is 5.91 Å². The summed E-state index contributed by atoms with van der Waals surface area (Å²) in [5, 5.41) is 6.67. The summed E-state index contributed by atoms with van der Waals surface area (Å²) >= 11 is 5.98. The number of carbonyl (C=O) groups excluding carboxylic acids is 2. The van der Waals surface area contributed by atoms with Gasteiger partial charge in [-0.15, -0.1) is 0 Å². The molecular formula is C28H30ClN3O3. The van der Waals surface area contributed by atoms with Crippen LogP contribution in [0.1, 0.15) is 41.3 Å². The fourth-order valence-corrected chi connectivity index (χ4v) is 4.32. The summed E-state index contributed by atoms with van der Waals surface area (Å²) in [6, 6.07) is 22.9. The van der Waals surface area contributed by atoms with E-state index in [0.29, 0.717) is 23.6 Å². The summed E-state index contributed by atoms with van der Waals surface area (Å²) in [4.78, 5) is 27.1. The summed E-state index contributed by atoms with van der Waals surface area (Å²) in [6.07, 6.45) is 1.76. The van der Waals surface area contributed by atoms with E-state index >= 15 is 0 Å². The summed E-state index contributed by atoms with van der Waals surface area (Å²) in [6.45, 7) is 4.47. The van der Waals surface area contributed by atoms with Crippen LogP contribution < -0.4 is 15.4 Å². The highest BCUT2D eigenvalue weighted by molar-refractivity contribution is 6.30. The van der Waals surface area contributed by atoms with Crippen LogP contribution in [-0.4, -0.2) is 35.8 Å². The van der Waals surface area contributed by atoms with E-state index in [2.05, 4.69) is 27.7 Å². The van der Waals surface area contributed by atoms with E-state index in [9.17, 15) is 9.59 Å². The Bertz CT molecular complexity index is 1140. The number of halogens is 1. The van der Waals surface area contributed by atoms with Crippen LogP contribution in [0.25, 0.3) is 0 Å². The molecule has 4 rings (SSSR count). The molecule has 0 spiro atoms. The van der Waals surface area contributed by atoms with Crippen molar-refractivity contribution in [3.63, 3.8) is 0 Å². The van der Waals surface area contributed by atoms with Gasteiger partial charge in [0.05, 0.1) is 5.56 Å². The summed E-state index contributed by atoms with van der Waals surface area (Å²) in [5.74, 6) is 0.0953. The van der Waals surface area contributed by atoms with Crippen molar-refractivity contribution < 1.29 is 14.3 Å². The van der Waals surface area contributed by atoms with E-state index in [1.165, 1.54) is 12.5 Å². The molecule has 0 unspecified atom stereocenters. The molecule has 2 N–H and O–H groups in total. The second kappa shape index (κ2) is 11.9. The molecule has 1 heterocycles. The SMILES string of the molecule is CC(=O)Nc1ccc(C(=O)NC2CCN(Cc3ccc(Cl)cc3)CC2)c(OCc2ccccc2)c1. The van der Waals surface area contributed by atoms with Crippen LogP contribution in [0.5, 0.6) is 5.75 Å². The van der Waals surface area contributed by atoms with Crippen molar-refractivity contribution in [1.29, 1.82) is 0 Å². The Morgan fingerprint density at radius 1 is 0.971 bits per heavy atom. The van der Waals surface area contributed by atoms with Gasteiger partial charge in [0.25, 0.3) is 5.91 Å². The summed E-state index contributed by atoms with van der Waals surface area (Å²) < 4.78 is 6.02. The molecule has 6 nitrogen and oxygen atoms in total. The highest BCUT2D eigenvalue weighted by Gasteiger charge is 2.23. The maximum atomic E-state index is 13.2. The van der Waals surface area contributed by atoms with Gasteiger partial charge in [0.15, 0.2) is 0 Å². The minimum Gasteiger partial charge on any atom is -0.488 e. The molecule has 3 aromatic carbocycles. The number of amides is 2. The number of carbonyl (C=O) groups is 2. The van der Waals surface area contributed by atoms with Crippen LogP contribution in [0.15, 0.2) is 72.8 Å². The van der Waals surface area contributed by atoms with Gasteiger partial charge in [-0.2, -0.15) is 0 Å². The summed E-state index contributed by atoms with van der Waals surface area (Å²) in [5.41, 5.74) is 3.28. The molecule has 3 aromatic rings. The summed E-state index contributed by atoms with van der Waals surface area (Å²) in [7, 11) is 0. The monoisotopic (exact) mass is 491 g/mol. The Labute approximate surface area is 211 Å². The number of anilines is 1. The largest absolute Gasteiger partial charge is 0.488 e. The number of nitrogens with one attached hydrogen (secondary N) is 2. The molecule has 0 atom stereocenters. The van der Waals surface area contributed by atoms with Crippen molar-refractivity contribution in [2.24, 2.45) is 0 Å². The molecule has 7 heteroatoms. The smallest absolute Gasteiger partial charge is 0.255 e. The number of likely N-dealkylation sites (tertiary alicyclic amines) is 1. The molecule has 35 heavy (non-hydrogen) atoms. The quantitative estimate of drug-likeness (QED) is 0.450. The third-order valence-electron chi connectivity index (χ3n) is 6.03. The Morgan fingerprint density at radius 2 is 1.69 bits per heavy atom. The van der Waals surface area contributed by atoms with Crippen molar-refractivity contribution in [2.75, 3.05) is 18.4 Å². The van der Waals surface area contributed by atoms with Gasteiger partial charge in [-0.05, 0) is 48.2 Å². The van der Waals surface area contributed by atoms with E-state index in [4.69, 9.17) is 16.3 Å². The minimum atomic E-state index is -0.179. The van der Waals surface area contributed by atoms with Crippen LogP contribution in [0.3, 0.4) is 0 Å². The topological polar surface area (TPSA) is 70.7 Å². The molecule has 0 saturated carbocycles. The van der Waals surface area contributed by atoms with E-state index in [0.717, 1.165) is 43.1 Å². The number of piperidine rings is 1. The van der Waals surface area contributed by atoms with Gasteiger partial charge in [-0.25, -0.2) is 0 Å². The maximum absolute atomic E-state index is 13.2. The average molecular weight is 492 g/mol. The standard InChI is InChI=1S/C28H30ClN3O3/c1-20(33)30-25-11-12-26(27(17-25)35-19-22-5-3-2-4-6-22)28(34)31-24-13-15-32(16-14-24)18-21-7-9-23(29)10-8-21/h2-12,17,24H,13-16,18-19H2,1H3,(H,30,33)(H,31,34). The fraction of sp³-hybridized carbons (Fsp3) is 0.286. The van der Waals surface area contributed by atoms with Crippen LogP contribution in [-0.2, 0) is 17.9 Å². The lowest BCUT2D eigenvalue weighted by Crippen LogP contribution is -2.44. The molecule has 182 valence electrons. The van der Waals surface area contributed by atoms with Crippen LogP contribution >= 0.6 is 11.6 Å². The Balaban J connectivity index is 1.37. The van der Waals surface area contributed by atoms with Gasteiger partial charge in [-0.3, -0.25) is 14.5 Å². The van der Waals surface area contributed by atoms with Crippen molar-refractivity contribution in [1.82, 2.24) is 10.2 Å². The van der Waals surface area contributed by atoms with Crippen LogP contribution in [0, 0.1) is 0 Å². The molecule has 1 aliphatic heterocycles. The van der Waals surface area contributed by atoms with Crippen molar-refractivity contribution in [3.05, 3.63) is 94.5 Å². The van der Waals surface area contributed by atoms with Crippen molar-refractivity contribution in [2.45, 2.75) is 39.0 Å². The molecule has 0 aromatic heterocycles. The van der Waals surface area contributed by atoms with Crippen LogP contribution in [0.4, 0.5) is 5.69 Å². The highest BCUT2D eigenvalue weighted by Crippen LogP contribution is 2.25. The van der Waals surface area contributed by atoms with Crippen LogP contribution in [0.2, 0.25) is 5.02 Å². The Morgan fingerprint density at radius 3 is 2.37 bits per heavy atom. The zero-order chi connectivity index (χ0) is 24.6. The van der Waals surface area contributed by atoms with E-state index in [1.807, 2.05) is 42.5 Å². The van der Waals surface area contributed by atoms with Gasteiger partial charge in [0, 0.05) is 49.4 Å². The predicted octanol–water partition coefficient (Wildman–Crippen LogP) is 5.27. The van der Waals surface area contributed by atoms with Gasteiger partial charge in [0.1, 0.15) is 12.4 Å². The van der Waals surface area contributed by atoms with Crippen molar-refractivity contribution in [3.8, 4) is 5.75 Å². The maximum Gasteiger partial charge on any atom is 0.255 e. The molecule has 1 fully saturated rings. The average Bonchev–Trinajstić information content (AvgIpc) is 2.85. The third-order valence-corrected chi connectivity index (χ3v) is 6.28. The van der Waals surface area contributed by atoms with E-state index < -0.39 is 0 Å². The number of rotatable bonds is 8. The first-order valence-electron chi connectivity index (χ1n) is 11.8. The molecule has 0 aliphatic carbocycles. The van der Waals surface area contributed by atoms with Gasteiger partial charge >= 0.3 is 0 Å². The first-order chi connectivity index (χ1) is 17.0. The Kier molecular flexibility index (Phi) is 8.40. The number of nitrogens with zero attached hydrogens (tertiary/aromatic N) is 1. The lowest BCUT2D eigenvalue weighted by atomic mass is 10.0. The number of hydrogen-bond donors (Lipinski definition) is 2. The molecule has 0 radical (unpaired) electrons. The first kappa shape index (κ1) is 24.8. The first-order valence-corrected chi connectivity index (χ1v) is 12.2. The lowest BCUT2D eigenvalue weighted by Gasteiger charge is -2.32. The van der Waals surface area contributed by atoms with Crippen molar-refractivity contribution >= 4 is 29.1 Å². The molecule has 1 saturated heterocycles. The second-order valence-corrected chi connectivity index (χ2v) is 9.25. The molecule has 2 amide bonds. The fourth-order valence-electron chi connectivity index (χ4n) is 4.19. The normalized spacial score (nSPS) is 14.3. The predicted molar refractivity (Wildman–Crippen MR) is 139 cm³/mol. The number of benzene rings is 3. The highest BCUT2D eigenvalue weighted by atomic mass is 35.5. The molecule has 0 bridgehead atoms. The Hall–Kier alpha value is -3.35. The number of hydrogen-bond acceptors (Lipinski definition) is 4. The third kappa shape index (κ3) is 7.31. The van der Waals surface area contributed by atoms with E-state index in [1.54, 1.807) is 18.2 Å². The van der Waals surface area contributed by atoms with Gasteiger partial charge < -0.3 is 15.4 Å². The zero-order valence-electron chi connectivity index (χ0n) is 19.8. The minimum absolute atomic E-state index is 0.0981.